The van der Waals surface area contributed by atoms with E-state index in [1.807, 2.05) is 12.1 Å². The van der Waals surface area contributed by atoms with Gasteiger partial charge in [0.25, 0.3) is 5.91 Å². The van der Waals surface area contributed by atoms with Gasteiger partial charge in [-0.2, -0.15) is 0 Å². The molecule has 1 rings (SSSR count). The lowest BCUT2D eigenvalue weighted by molar-refractivity contribution is 0.0786. The molecule has 0 aliphatic rings. The summed E-state index contributed by atoms with van der Waals surface area (Å²) in [5.74, 6) is -0.176. The fraction of sp³-hybridized carbons (Fsp3) is 0.333. The molecule has 0 bridgehead atoms. The lowest BCUT2D eigenvalue weighted by atomic mass is 10.1. The van der Waals surface area contributed by atoms with Crippen molar-refractivity contribution in [3.8, 4) is 0 Å². The summed E-state index contributed by atoms with van der Waals surface area (Å²) in [6.07, 6.45) is 0. The molecule has 0 saturated carbocycles. The van der Waals surface area contributed by atoms with Crippen molar-refractivity contribution >= 4 is 27.7 Å². The summed E-state index contributed by atoms with van der Waals surface area (Å²) < 4.78 is 0.923. The first kappa shape index (κ1) is 14.5. The SMILES string of the molecule is CC(CN(C)C(=O)c1ccc(Br)cc1)/C(N)=N/O. The summed E-state index contributed by atoms with van der Waals surface area (Å²) >= 11 is 3.32. The van der Waals surface area contributed by atoms with E-state index in [0.29, 0.717) is 12.1 Å². The summed E-state index contributed by atoms with van der Waals surface area (Å²) in [6.45, 7) is 2.19. The number of hydrogen-bond donors (Lipinski definition) is 2. The molecule has 0 aromatic heterocycles. The van der Waals surface area contributed by atoms with Gasteiger partial charge in [-0.1, -0.05) is 28.0 Å². The van der Waals surface area contributed by atoms with E-state index < -0.39 is 0 Å². The van der Waals surface area contributed by atoms with Gasteiger partial charge in [-0.3, -0.25) is 4.79 Å². The van der Waals surface area contributed by atoms with E-state index in [9.17, 15) is 4.79 Å². The van der Waals surface area contributed by atoms with Crippen LogP contribution in [0.25, 0.3) is 0 Å². The lowest BCUT2D eigenvalue weighted by Crippen LogP contribution is -2.36. The fourth-order valence-electron chi connectivity index (χ4n) is 1.50. The van der Waals surface area contributed by atoms with E-state index >= 15 is 0 Å². The Morgan fingerprint density at radius 1 is 1.50 bits per heavy atom. The van der Waals surface area contributed by atoms with E-state index in [1.54, 1.807) is 31.0 Å². The molecule has 3 N–H and O–H groups in total. The average molecular weight is 314 g/mol. The van der Waals surface area contributed by atoms with Crippen molar-refractivity contribution in [2.75, 3.05) is 13.6 Å². The Balaban J connectivity index is 2.70. The molecule has 0 fully saturated rings. The zero-order valence-corrected chi connectivity index (χ0v) is 11.9. The van der Waals surface area contributed by atoms with Gasteiger partial charge in [0.05, 0.1) is 0 Å². The van der Waals surface area contributed by atoms with Gasteiger partial charge in [-0.05, 0) is 24.3 Å². The third-order valence-electron chi connectivity index (χ3n) is 2.61. The summed E-state index contributed by atoms with van der Waals surface area (Å²) in [4.78, 5) is 13.6. The molecule has 0 aliphatic carbocycles. The van der Waals surface area contributed by atoms with E-state index in [1.165, 1.54) is 0 Å². The second-order valence-electron chi connectivity index (χ2n) is 4.12. The van der Waals surface area contributed by atoms with Crippen molar-refractivity contribution in [2.45, 2.75) is 6.92 Å². The smallest absolute Gasteiger partial charge is 0.253 e. The molecule has 98 valence electrons. The molecule has 5 nitrogen and oxygen atoms in total. The second-order valence-corrected chi connectivity index (χ2v) is 5.03. The maximum absolute atomic E-state index is 12.1. The predicted octanol–water partition coefficient (Wildman–Crippen LogP) is 1.90. The Bertz CT molecular complexity index is 445. The van der Waals surface area contributed by atoms with E-state index in [-0.39, 0.29) is 17.7 Å². The predicted molar refractivity (Wildman–Crippen MR) is 73.7 cm³/mol. The molecule has 18 heavy (non-hydrogen) atoms. The van der Waals surface area contributed by atoms with Crippen LogP contribution in [0.15, 0.2) is 33.9 Å². The Kier molecular flexibility index (Phi) is 5.15. The number of carbonyl (C=O) groups is 1. The zero-order valence-electron chi connectivity index (χ0n) is 10.3. The maximum atomic E-state index is 12.1. The van der Waals surface area contributed by atoms with Gasteiger partial charge in [0, 0.05) is 29.5 Å². The topological polar surface area (TPSA) is 78.9 Å². The van der Waals surface area contributed by atoms with Crippen LogP contribution in [0.2, 0.25) is 0 Å². The minimum Gasteiger partial charge on any atom is -0.409 e. The van der Waals surface area contributed by atoms with Gasteiger partial charge in [0.1, 0.15) is 5.84 Å². The van der Waals surface area contributed by atoms with Gasteiger partial charge >= 0.3 is 0 Å². The number of nitrogens with two attached hydrogens (primary N) is 1. The van der Waals surface area contributed by atoms with Crippen molar-refractivity contribution in [1.82, 2.24) is 4.90 Å². The number of rotatable bonds is 4. The van der Waals surface area contributed by atoms with Gasteiger partial charge < -0.3 is 15.8 Å². The van der Waals surface area contributed by atoms with E-state index in [2.05, 4.69) is 21.1 Å². The molecule has 6 heteroatoms. The van der Waals surface area contributed by atoms with Crippen LogP contribution >= 0.6 is 15.9 Å². The van der Waals surface area contributed by atoms with Crippen LogP contribution in [0.1, 0.15) is 17.3 Å². The maximum Gasteiger partial charge on any atom is 0.253 e. The Morgan fingerprint density at radius 3 is 2.56 bits per heavy atom. The molecule has 1 aromatic rings. The highest BCUT2D eigenvalue weighted by atomic mass is 79.9. The van der Waals surface area contributed by atoms with Crippen molar-refractivity contribution in [1.29, 1.82) is 0 Å². The number of amidine groups is 1. The van der Waals surface area contributed by atoms with Crippen LogP contribution in [0.4, 0.5) is 0 Å². The number of oxime groups is 1. The minimum atomic E-state index is -0.195. The Morgan fingerprint density at radius 2 is 2.06 bits per heavy atom. The minimum absolute atomic E-state index is 0.0971. The van der Waals surface area contributed by atoms with Crippen LogP contribution in [0.3, 0.4) is 0 Å². The third kappa shape index (κ3) is 3.73. The Labute approximate surface area is 114 Å². The fourth-order valence-corrected chi connectivity index (χ4v) is 1.76. The highest BCUT2D eigenvalue weighted by molar-refractivity contribution is 9.10. The van der Waals surface area contributed by atoms with Gasteiger partial charge in [0.15, 0.2) is 0 Å². The molecule has 0 aliphatic heterocycles. The van der Waals surface area contributed by atoms with Crippen LogP contribution in [0.5, 0.6) is 0 Å². The van der Waals surface area contributed by atoms with Crippen molar-refractivity contribution in [3.05, 3.63) is 34.3 Å². The van der Waals surface area contributed by atoms with Crippen LogP contribution in [0, 0.1) is 5.92 Å². The molecule has 0 heterocycles. The normalized spacial score (nSPS) is 13.2. The van der Waals surface area contributed by atoms with E-state index in [0.717, 1.165) is 4.47 Å². The number of hydrogen-bond acceptors (Lipinski definition) is 3. The summed E-state index contributed by atoms with van der Waals surface area (Å²) in [6, 6.07) is 7.12. The molecular formula is C12H16BrN3O2. The summed E-state index contributed by atoms with van der Waals surface area (Å²) in [7, 11) is 1.69. The van der Waals surface area contributed by atoms with Crippen LogP contribution in [-0.2, 0) is 0 Å². The van der Waals surface area contributed by atoms with Gasteiger partial charge in [0.2, 0.25) is 0 Å². The molecule has 1 atom stereocenters. The summed E-state index contributed by atoms with van der Waals surface area (Å²) in [5, 5.41) is 11.5. The number of amides is 1. The first-order chi connectivity index (χ1) is 8.45. The first-order valence-electron chi connectivity index (χ1n) is 5.44. The number of carbonyl (C=O) groups excluding carboxylic acids is 1. The number of halogens is 1. The largest absolute Gasteiger partial charge is 0.409 e. The average Bonchev–Trinajstić information content (AvgIpc) is 2.37. The summed E-state index contributed by atoms with van der Waals surface area (Å²) in [5.41, 5.74) is 6.08. The van der Waals surface area contributed by atoms with E-state index in [4.69, 9.17) is 10.9 Å². The van der Waals surface area contributed by atoms with Crippen molar-refractivity contribution < 1.29 is 10.0 Å². The first-order valence-corrected chi connectivity index (χ1v) is 6.23. The Hall–Kier alpha value is -1.56. The van der Waals surface area contributed by atoms with Crippen molar-refractivity contribution in [2.24, 2.45) is 16.8 Å². The van der Waals surface area contributed by atoms with Gasteiger partial charge in [-0.25, -0.2) is 0 Å². The molecule has 1 amide bonds. The molecule has 0 saturated heterocycles. The second kappa shape index (κ2) is 6.39. The van der Waals surface area contributed by atoms with Crippen LogP contribution < -0.4 is 5.73 Å². The monoisotopic (exact) mass is 313 g/mol. The zero-order chi connectivity index (χ0) is 13.7. The standard InChI is InChI=1S/C12H16BrN3O2/c1-8(11(14)15-18)7-16(2)12(17)9-3-5-10(13)6-4-9/h3-6,8,18H,7H2,1-2H3,(H2,14,15). The van der Waals surface area contributed by atoms with Gasteiger partial charge in [-0.15, -0.1) is 0 Å². The number of nitrogens with zero attached hydrogens (tertiary/aromatic N) is 2. The molecule has 1 aromatic carbocycles. The number of benzene rings is 1. The highest BCUT2D eigenvalue weighted by Crippen LogP contribution is 2.12. The highest BCUT2D eigenvalue weighted by Gasteiger charge is 2.16. The van der Waals surface area contributed by atoms with Crippen LogP contribution in [-0.4, -0.2) is 35.4 Å². The molecule has 0 radical (unpaired) electrons. The molecular weight excluding hydrogens is 298 g/mol. The quantitative estimate of drug-likeness (QED) is 0.386. The van der Waals surface area contributed by atoms with Crippen molar-refractivity contribution in [3.63, 3.8) is 0 Å². The molecule has 0 spiro atoms. The third-order valence-corrected chi connectivity index (χ3v) is 3.13. The lowest BCUT2D eigenvalue weighted by Gasteiger charge is -2.20. The molecule has 1 unspecified atom stereocenters.